The summed E-state index contributed by atoms with van der Waals surface area (Å²) in [5.41, 5.74) is -0.964. The van der Waals surface area contributed by atoms with Crippen LogP contribution in [0.3, 0.4) is 0 Å². The van der Waals surface area contributed by atoms with Crippen LogP contribution in [-0.4, -0.2) is 28.7 Å². The number of halogens is 4. The molecule has 0 aliphatic carbocycles. The van der Waals surface area contributed by atoms with Gasteiger partial charge in [-0.15, -0.1) is 11.6 Å². The molecule has 0 N–H and O–H groups in total. The van der Waals surface area contributed by atoms with Crippen molar-refractivity contribution in [1.29, 1.82) is 0 Å². The van der Waals surface area contributed by atoms with Gasteiger partial charge >= 0.3 is 5.97 Å². The van der Waals surface area contributed by atoms with Crippen LogP contribution < -0.4 is 4.74 Å². The number of rotatable bonds is 7. The molecule has 128 valence electrons. The van der Waals surface area contributed by atoms with E-state index in [-0.39, 0.29) is 17.4 Å². The molecule has 0 bridgehead atoms. The second kappa shape index (κ2) is 8.56. The van der Waals surface area contributed by atoms with Crippen molar-refractivity contribution in [1.82, 2.24) is 0 Å². The van der Waals surface area contributed by atoms with E-state index in [9.17, 15) is 9.59 Å². The van der Waals surface area contributed by atoms with Crippen LogP contribution in [0.5, 0.6) is 5.75 Å². The molecule has 0 spiro atoms. The van der Waals surface area contributed by atoms with Crippen molar-refractivity contribution in [3.05, 3.63) is 28.2 Å². The van der Waals surface area contributed by atoms with Crippen LogP contribution in [0.1, 0.15) is 20.8 Å². The van der Waals surface area contributed by atoms with Crippen molar-refractivity contribution in [3.8, 4) is 5.75 Å². The van der Waals surface area contributed by atoms with Gasteiger partial charge < -0.3 is 9.47 Å². The van der Waals surface area contributed by atoms with Crippen LogP contribution in [0, 0.1) is 5.41 Å². The average molecular weight is 447 g/mol. The summed E-state index contributed by atoms with van der Waals surface area (Å²) >= 11 is 20.6. The van der Waals surface area contributed by atoms with E-state index in [4.69, 9.17) is 44.3 Å². The van der Waals surface area contributed by atoms with Crippen LogP contribution in [0.4, 0.5) is 0 Å². The highest BCUT2D eigenvalue weighted by atomic mass is 79.9. The molecule has 0 aromatic heterocycles. The van der Waals surface area contributed by atoms with Gasteiger partial charge in [0.1, 0.15) is 17.7 Å². The Morgan fingerprint density at radius 2 is 1.91 bits per heavy atom. The number of benzene rings is 1. The third kappa shape index (κ3) is 6.14. The second-order valence-corrected chi connectivity index (χ2v) is 7.81. The summed E-state index contributed by atoms with van der Waals surface area (Å²) in [4.78, 5) is 23.9. The number of alkyl halides is 2. The molecule has 0 fully saturated rings. The number of hydrogen-bond donors (Lipinski definition) is 0. The van der Waals surface area contributed by atoms with Crippen LogP contribution in [0.15, 0.2) is 18.2 Å². The largest absolute Gasteiger partial charge is 0.470 e. The topological polar surface area (TPSA) is 52.6 Å². The monoisotopic (exact) mass is 444 g/mol. The number of ether oxygens (including phenoxy) is 2. The third-order valence-corrected chi connectivity index (χ3v) is 4.21. The fraction of sp³-hybridized carbons (Fsp3) is 0.467. The van der Waals surface area contributed by atoms with E-state index in [1.165, 1.54) is 13.0 Å². The van der Waals surface area contributed by atoms with Gasteiger partial charge in [0.05, 0.1) is 10.4 Å². The summed E-state index contributed by atoms with van der Waals surface area (Å²) < 4.78 is 10.5. The number of Topliss-reactive ketones (excluding diaryl/α,β-unsaturated/α-hetero) is 1. The van der Waals surface area contributed by atoms with Gasteiger partial charge in [0.25, 0.3) is 0 Å². The summed E-state index contributed by atoms with van der Waals surface area (Å²) in [6.07, 6.45) is 0. The van der Waals surface area contributed by atoms with E-state index in [2.05, 4.69) is 15.9 Å². The highest BCUT2D eigenvalue weighted by Gasteiger charge is 2.35. The predicted molar refractivity (Wildman–Crippen MR) is 94.9 cm³/mol. The van der Waals surface area contributed by atoms with Crippen molar-refractivity contribution in [2.24, 2.45) is 5.41 Å². The van der Waals surface area contributed by atoms with Gasteiger partial charge in [-0.3, -0.25) is 9.59 Å². The first-order valence-corrected chi connectivity index (χ1v) is 8.76. The zero-order valence-corrected chi connectivity index (χ0v) is 16.6. The maximum atomic E-state index is 12.5. The lowest BCUT2D eigenvalue weighted by Crippen LogP contribution is -2.39. The van der Waals surface area contributed by atoms with Crippen LogP contribution in [0.2, 0.25) is 10.0 Å². The Bertz CT molecular complexity index is 590. The van der Waals surface area contributed by atoms with Crippen molar-refractivity contribution in [3.63, 3.8) is 0 Å². The zero-order chi connectivity index (χ0) is 17.8. The maximum Gasteiger partial charge on any atom is 0.323 e. The number of ketones is 1. The Labute approximate surface area is 158 Å². The molecule has 0 saturated carbocycles. The minimum atomic E-state index is -0.964. The molecule has 0 heterocycles. The van der Waals surface area contributed by atoms with Gasteiger partial charge in [-0.05, 0) is 54.9 Å². The van der Waals surface area contributed by atoms with Crippen molar-refractivity contribution in [2.75, 3.05) is 6.61 Å². The number of esters is 1. The molecule has 8 heteroatoms. The average Bonchev–Trinajstić information content (AvgIpc) is 2.46. The molecule has 23 heavy (non-hydrogen) atoms. The molecule has 1 aromatic rings. The van der Waals surface area contributed by atoms with E-state index in [0.717, 1.165) is 0 Å². The highest BCUT2D eigenvalue weighted by molar-refractivity contribution is 9.09. The van der Waals surface area contributed by atoms with Crippen LogP contribution in [-0.2, 0) is 14.3 Å². The van der Waals surface area contributed by atoms with Gasteiger partial charge in [-0.1, -0.05) is 23.2 Å². The zero-order valence-electron chi connectivity index (χ0n) is 12.7. The van der Waals surface area contributed by atoms with E-state index in [1.807, 2.05) is 0 Å². The summed E-state index contributed by atoms with van der Waals surface area (Å²) in [6.45, 7) is 4.67. The normalized spacial score (nSPS) is 14.0. The fourth-order valence-electron chi connectivity index (χ4n) is 1.48. The van der Waals surface area contributed by atoms with Gasteiger partial charge in [0.15, 0.2) is 5.78 Å². The third-order valence-electron chi connectivity index (χ3n) is 2.90. The Morgan fingerprint density at radius 1 is 1.30 bits per heavy atom. The standard InChI is InChI=1S/C15H16BrCl3O4/c1-8(17)14(21)22-7-15(2,3)12(20)13(16)23-11-5-4-9(18)6-10(11)19/h4-6,8,13H,7H2,1-3H3. The summed E-state index contributed by atoms with van der Waals surface area (Å²) in [5, 5.41) is -0.981. The molecule has 0 aliphatic heterocycles. The molecule has 1 aromatic carbocycles. The molecule has 2 atom stereocenters. The maximum absolute atomic E-state index is 12.5. The first kappa shape index (κ1) is 20.6. The molecule has 2 unspecified atom stereocenters. The lowest BCUT2D eigenvalue weighted by atomic mass is 9.89. The lowest BCUT2D eigenvalue weighted by Gasteiger charge is -2.26. The Balaban J connectivity index is 2.72. The van der Waals surface area contributed by atoms with E-state index in [0.29, 0.717) is 10.8 Å². The minimum absolute atomic E-state index is 0.110. The lowest BCUT2D eigenvalue weighted by molar-refractivity contribution is -0.149. The molecule has 0 radical (unpaired) electrons. The van der Waals surface area contributed by atoms with Crippen molar-refractivity contribution < 1.29 is 19.1 Å². The quantitative estimate of drug-likeness (QED) is 0.443. The van der Waals surface area contributed by atoms with E-state index >= 15 is 0 Å². The minimum Gasteiger partial charge on any atom is -0.470 e. The van der Waals surface area contributed by atoms with Crippen molar-refractivity contribution in [2.45, 2.75) is 31.2 Å². The summed E-state index contributed by atoms with van der Waals surface area (Å²) in [6, 6.07) is 4.67. The molecule has 0 aliphatic rings. The molecule has 1 rings (SSSR count). The van der Waals surface area contributed by atoms with Gasteiger partial charge in [0, 0.05) is 5.02 Å². The predicted octanol–water partition coefficient (Wildman–Crippen LogP) is 4.86. The number of carbonyl (C=O) groups excluding carboxylic acids is 2. The summed E-state index contributed by atoms with van der Waals surface area (Å²) in [7, 11) is 0. The Morgan fingerprint density at radius 3 is 2.43 bits per heavy atom. The number of carbonyl (C=O) groups is 2. The number of hydrogen-bond acceptors (Lipinski definition) is 4. The summed E-state index contributed by atoms with van der Waals surface area (Å²) in [5.74, 6) is -0.577. The molecule has 4 nitrogen and oxygen atoms in total. The van der Waals surface area contributed by atoms with E-state index < -0.39 is 21.8 Å². The van der Waals surface area contributed by atoms with Crippen molar-refractivity contribution >= 4 is 62.5 Å². The second-order valence-electron chi connectivity index (χ2n) is 5.48. The first-order chi connectivity index (χ1) is 10.5. The fourth-order valence-corrected chi connectivity index (χ4v) is 2.82. The van der Waals surface area contributed by atoms with E-state index in [1.54, 1.807) is 26.0 Å². The molecule has 0 amide bonds. The SMILES string of the molecule is CC(Cl)C(=O)OCC(C)(C)C(=O)C(Br)Oc1ccc(Cl)cc1Cl. The molecular formula is C15H16BrCl3O4. The van der Waals surface area contributed by atoms with Gasteiger partial charge in [-0.25, -0.2) is 0 Å². The van der Waals surface area contributed by atoms with Crippen LogP contribution >= 0.6 is 50.7 Å². The first-order valence-electron chi connectivity index (χ1n) is 6.65. The van der Waals surface area contributed by atoms with Gasteiger partial charge in [-0.2, -0.15) is 0 Å². The highest BCUT2D eigenvalue weighted by Crippen LogP contribution is 2.31. The Hall–Kier alpha value is -0.490. The molecular weight excluding hydrogens is 430 g/mol. The Kier molecular flexibility index (Phi) is 7.65. The smallest absolute Gasteiger partial charge is 0.323 e. The van der Waals surface area contributed by atoms with Crippen LogP contribution in [0.25, 0.3) is 0 Å². The molecule has 0 saturated heterocycles. The van der Waals surface area contributed by atoms with Gasteiger partial charge in [0.2, 0.25) is 5.01 Å².